The van der Waals surface area contributed by atoms with Gasteiger partial charge in [0.15, 0.2) is 0 Å². The molecule has 6 heteroatoms. The summed E-state index contributed by atoms with van der Waals surface area (Å²) in [5.74, 6) is -0.760. The molecule has 1 heterocycles. The molecule has 1 N–H and O–H groups in total. The molecule has 142 valence electrons. The Labute approximate surface area is 176 Å². The zero-order chi connectivity index (χ0) is 19.9. The van der Waals surface area contributed by atoms with Crippen molar-refractivity contribution in [2.45, 2.75) is 6.92 Å². The molecule has 1 aromatic heterocycles. The van der Waals surface area contributed by atoms with Crippen LogP contribution in [-0.2, 0) is 9.53 Å². The summed E-state index contributed by atoms with van der Waals surface area (Å²) in [6.07, 6.45) is 3.16. The molecule has 0 aliphatic carbocycles. The average molecular weight is 456 g/mol. The molecule has 0 aliphatic heterocycles. The van der Waals surface area contributed by atoms with Gasteiger partial charge in [0, 0.05) is 21.5 Å². The van der Waals surface area contributed by atoms with Gasteiger partial charge in [0.05, 0.1) is 6.61 Å². The number of halogens is 1. The van der Waals surface area contributed by atoms with Crippen LogP contribution in [0.1, 0.15) is 22.8 Å². The second-order valence-electron chi connectivity index (χ2n) is 5.81. The number of esters is 1. The molecule has 2 aromatic carbocycles. The molecule has 0 unspecified atom stereocenters. The molecule has 4 nitrogen and oxygen atoms in total. The minimum absolute atomic E-state index is 0.264. The smallest absolute Gasteiger partial charge is 0.341 e. The lowest BCUT2D eigenvalue weighted by molar-refractivity contribution is -0.111. The van der Waals surface area contributed by atoms with Crippen LogP contribution in [0, 0.1) is 0 Å². The van der Waals surface area contributed by atoms with Crippen LogP contribution in [0.15, 0.2) is 70.5 Å². The topological polar surface area (TPSA) is 55.4 Å². The van der Waals surface area contributed by atoms with E-state index in [1.807, 2.05) is 60.0 Å². The monoisotopic (exact) mass is 455 g/mol. The van der Waals surface area contributed by atoms with Gasteiger partial charge in [0.2, 0.25) is 5.91 Å². The fraction of sp³-hybridized carbons (Fsp3) is 0.0909. The maximum absolute atomic E-state index is 12.5. The van der Waals surface area contributed by atoms with E-state index in [4.69, 9.17) is 4.74 Å². The number of thiophene rings is 1. The van der Waals surface area contributed by atoms with Crippen LogP contribution >= 0.6 is 27.3 Å². The largest absolute Gasteiger partial charge is 0.462 e. The molecule has 0 radical (unpaired) electrons. The van der Waals surface area contributed by atoms with Gasteiger partial charge in [-0.1, -0.05) is 58.4 Å². The van der Waals surface area contributed by atoms with E-state index in [9.17, 15) is 9.59 Å². The number of ether oxygens (including phenoxy) is 1. The molecule has 3 rings (SSSR count). The van der Waals surface area contributed by atoms with Crippen molar-refractivity contribution in [3.05, 3.63) is 81.7 Å². The number of hydrogen-bond acceptors (Lipinski definition) is 4. The third kappa shape index (κ3) is 4.97. The molecule has 0 aliphatic rings. The van der Waals surface area contributed by atoms with Crippen molar-refractivity contribution in [2.75, 3.05) is 11.9 Å². The molecular formula is C22H18BrNO3S. The van der Waals surface area contributed by atoms with Gasteiger partial charge in [-0.2, -0.15) is 0 Å². The van der Waals surface area contributed by atoms with Crippen molar-refractivity contribution in [1.29, 1.82) is 0 Å². The quantitative estimate of drug-likeness (QED) is 0.365. The highest BCUT2D eigenvalue weighted by molar-refractivity contribution is 9.10. The first kappa shape index (κ1) is 20.0. The van der Waals surface area contributed by atoms with Crippen molar-refractivity contribution in [1.82, 2.24) is 0 Å². The highest BCUT2D eigenvalue weighted by Gasteiger charge is 2.22. The first-order valence-corrected chi connectivity index (χ1v) is 10.3. The van der Waals surface area contributed by atoms with Crippen LogP contribution in [0.3, 0.4) is 0 Å². The molecule has 0 fully saturated rings. The number of nitrogens with one attached hydrogen (secondary N) is 1. The van der Waals surface area contributed by atoms with Crippen molar-refractivity contribution in [2.24, 2.45) is 0 Å². The Morgan fingerprint density at radius 2 is 1.82 bits per heavy atom. The second-order valence-corrected chi connectivity index (χ2v) is 7.61. The Kier molecular flexibility index (Phi) is 6.79. The Bertz CT molecular complexity index is 994. The summed E-state index contributed by atoms with van der Waals surface area (Å²) < 4.78 is 6.18. The second kappa shape index (κ2) is 9.48. The van der Waals surface area contributed by atoms with E-state index in [2.05, 4.69) is 21.2 Å². The van der Waals surface area contributed by atoms with Gasteiger partial charge in [-0.3, -0.25) is 4.79 Å². The van der Waals surface area contributed by atoms with Gasteiger partial charge in [-0.25, -0.2) is 4.79 Å². The maximum Gasteiger partial charge on any atom is 0.341 e. The fourth-order valence-corrected chi connectivity index (χ4v) is 3.81. The van der Waals surface area contributed by atoms with E-state index in [-0.39, 0.29) is 12.5 Å². The summed E-state index contributed by atoms with van der Waals surface area (Å²) in [6, 6.07) is 17.2. The van der Waals surface area contributed by atoms with Gasteiger partial charge in [-0.15, -0.1) is 11.3 Å². The fourth-order valence-electron chi connectivity index (χ4n) is 2.59. The van der Waals surface area contributed by atoms with E-state index < -0.39 is 5.97 Å². The first-order valence-electron chi connectivity index (χ1n) is 8.67. The Morgan fingerprint density at radius 1 is 1.11 bits per heavy atom. The number of anilines is 1. The number of rotatable bonds is 6. The molecule has 0 saturated carbocycles. The van der Waals surface area contributed by atoms with Crippen LogP contribution in [-0.4, -0.2) is 18.5 Å². The zero-order valence-corrected chi connectivity index (χ0v) is 17.5. The molecule has 3 aromatic rings. The van der Waals surface area contributed by atoms with Crippen molar-refractivity contribution < 1.29 is 14.3 Å². The highest BCUT2D eigenvalue weighted by Crippen LogP contribution is 2.36. The average Bonchev–Trinajstić information content (AvgIpc) is 3.12. The summed E-state index contributed by atoms with van der Waals surface area (Å²) in [7, 11) is 0. The van der Waals surface area contributed by atoms with Crippen LogP contribution in [0.2, 0.25) is 0 Å². The first-order chi connectivity index (χ1) is 13.6. The number of hydrogen-bond donors (Lipinski definition) is 1. The van der Waals surface area contributed by atoms with E-state index in [0.717, 1.165) is 21.2 Å². The summed E-state index contributed by atoms with van der Waals surface area (Å²) in [5.41, 5.74) is 2.92. The Morgan fingerprint density at radius 3 is 2.50 bits per heavy atom. The minimum Gasteiger partial charge on any atom is -0.462 e. The number of benzene rings is 2. The molecule has 0 bridgehead atoms. The maximum atomic E-state index is 12.5. The molecule has 0 saturated heterocycles. The Balaban J connectivity index is 1.84. The van der Waals surface area contributed by atoms with Crippen molar-refractivity contribution >= 4 is 50.2 Å². The summed E-state index contributed by atoms with van der Waals surface area (Å²) >= 11 is 4.68. The van der Waals surface area contributed by atoms with Crippen LogP contribution in [0.5, 0.6) is 0 Å². The van der Waals surface area contributed by atoms with Gasteiger partial charge in [0.1, 0.15) is 10.6 Å². The number of carbonyl (C=O) groups is 2. The summed E-state index contributed by atoms with van der Waals surface area (Å²) in [5, 5.41) is 5.14. The number of carbonyl (C=O) groups excluding carboxylic acids is 2. The van der Waals surface area contributed by atoms with E-state index in [1.165, 1.54) is 17.4 Å². The van der Waals surface area contributed by atoms with Gasteiger partial charge in [0.25, 0.3) is 0 Å². The summed E-state index contributed by atoms with van der Waals surface area (Å²) in [6.45, 7) is 2.02. The summed E-state index contributed by atoms with van der Waals surface area (Å²) in [4.78, 5) is 24.9. The Hall–Kier alpha value is -2.70. The lowest BCUT2D eigenvalue weighted by Crippen LogP contribution is -2.12. The van der Waals surface area contributed by atoms with Crippen LogP contribution in [0.4, 0.5) is 5.00 Å². The number of amides is 1. The third-order valence-electron chi connectivity index (χ3n) is 3.89. The van der Waals surface area contributed by atoms with Gasteiger partial charge >= 0.3 is 5.97 Å². The lowest BCUT2D eigenvalue weighted by Gasteiger charge is -2.08. The van der Waals surface area contributed by atoms with E-state index in [1.54, 1.807) is 13.0 Å². The molecular weight excluding hydrogens is 438 g/mol. The highest BCUT2D eigenvalue weighted by atomic mass is 79.9. The van der Waals surface area contributed by atoms with E-state index >= 15 is 0 Å². The van der Waals surface area contributed by atoms with Gasteiger partial charge < -0.3 is 10.1 Å². The van der Waals surface area contributed by atoms with Crippen molar-refractivity contribution in [3.63, 3.8) is 0 Å². The van der Waals surface area contributed by atoms with E-state index in [0.29, 0.717) is 10.6 Å². The zero-order valence-electron chi connectivity index (χ0n) is 15.1. The van der Waals surface area contributed by atoms with Crippen LogP contribution < -0.4 is 5.32 Å². The molecule has 0 spiro atoms. The normalized spacial score (nSPS) is 10.8. The SMILES string of the molecule is CCOC(=O)c1c(-c2ccccc2)csc1NC(=O)C=Cc1ccc(Br)cc1. The van der Waals surface area contributed by atoms with Gasteiger partial charge in [-0.05, 0) is 36.3 Å². The predicted octanol–water partition coefficient (Wildman–Crippen LogP) is 6.01. The van der Waals surface area contributed by atoms with Crippen molar-refractivity contribution in [3.8, 4) is 11.1 Å². The third-order valence-corrected chi connectivity index (χ3v) is 5.31. The standard InChI is InChI=1S/C22H18BrNO3S/c1-2-27-22(26)20-18(16-6-4-3-5-7-16)14-28-21(20)24-19(25)13-10-15-8-11-17(23)12-9-15/h3-14H,2H2,1H3,(H,24,25). The molecule has 0 atom stereocenters. The molecule has 28 heavy (non-hydrogen) atoms. The predicted molar refractivity (Wildman–Crippen MR) is 118 cm³/mol. The van der Waals surface area contributed by atoms with Crippen LogP contribution in [0.25, 0.3) is 17.2 Å². The lowest BCUT2D eigenvalue weighted by atomic mass is 10.0. The minimum atomic E-state index is -0.449. The molecule has 1 amide bonds.